The summed E-state index contributed by atoms with van der Waals surface area (Å²) in [7, 11) is 5.51. The number of hydrazine groups is 1. The number of benzene rings is 1. The number of pyridine rings is 1. The number of nitrogens with zero attached hydrogens (tertiary/aromatic N) is 7. The average molecular weight is 1070 g/mol. The summed E-state index contributed by atoms with van der Waals surface area (Å²) in [5, 5.41) is 5.45. The fourth-order valence-electron chi connectivity index (χ4n) is 10.4. The monoisotopic (exact) mass is 1070 g/mol. The van der Waals surface area contributed by atoms with Crippen LogP contribution in [0.5, 0.6) is 0 Å². The molecule has 7 heterocycles. The molecule has 16 nitrogen and oxygen atoms in total. The van der Waals surface area contributed by atoms with Gasteiger partial charge in [0.2, 0.25) is 0 Å². The van der Waals surface area contributed by atoms with Gasteiger partial charge in [0, 0.05) is 13.3 Å². The van der Waals surface area contributed by atoms with Gasteiger partial charge >= 0.3 is 375 Å². The summed E-state index contributed by atoms with van der Waals surface area (Å²) in [6, 6.07) is 8.91. The third-order valence-electron chi connectivity index (χ3n) is 14.1. The number of rotatable bonds is 9. The van der Waals surface area contributed by atoms with Gasteiger partial charge in [0.05, 0.1) is 6.10 Å². The van der Waals surface area contributed by atoms with Gasteiger partial charge in [-0.1, -0.05) is 0 Å². The minimum absolute atomic E-state index is 0.165. The van der Waals surface area contributed by atoms with Gasteiger partial charge in [-0.3, -0.25) is 4.98 Å². The van der Waals surface area contributed by atoms with Crippen molar-refractivity contribution in [2.45, 2.75) is 114 Å². The Morgan fingerprint density at radius 2 is 1.90 bits per heavy atom. The van der Waals surface area contributed by atoms with E-state index in [-0.39, 0.29) is 42.1 Å². The van der Waals surface area contributed by atoms with Crippen molar-refractivity contribution < 1.29 is 54.9 Å². The van der Waals surface area contributed by atoms with Gasteiger partial charge < -0.3 is 4.74 Å². The number of methoxy groups -OCH3 is 1. The maximum atomic E-state index is 14.7. The van der Waals surface area contributed by atoms with E-state index in [1.165, 1.54) is 11.3 Å². The quantitative estimate of drug-likeness (QED) is 0.110. The van der Waals surface area contributed by atoms with Crippen LogP contribution in [0.3, 0.4) is 0 Å². The van der Waals surface area contributed by atoms with Crippen LogP contribution in [0.15, 0.2) is 41.9 Å². The molecule has 1 aromatic carbocycles. The number of amides is 4. The van der Waals surface area contributed by atoms with Gasteiger partial charge in [-0.25, -0.2) is 0 Å². The van der Waals surface area contributed by atoms with E-state index in [0.717, 1.165) is 75.6 Å². The summed E-state index contributed by atoms with van der Waals surface area (Å²) >= 11 is 0.166. The van der Waals surface area contributed by atoms with Crippen LogP contribution < -0.4 is 30.4 Å². The number of urea groups is 1. The number of alkyl halides is 1. The number of hydrogen-bond acceptors (Lipinski definition) is 12. The summed E-state index contributed by atoms with van der Waals surface area (Å²) in [5.74, 6) is -1.08. The molecule has 370 valence electrons. The topological polar surface area (TPSA) is 164 Å². The summed E-state index contributed by atoms with van der Waals surface area (Å²) in [6.07, 6.45) is 5.09. The third-order valence-corrected chi connectivity index (χ3v) is 17.5. The maximum absolute atomic E-state index is 14.7. The number of nitrogens with one attached hydrogen (secondary N) is 2. The van der Waals surface area contributed by atoms with E-state index in [0.29, 0.717) is 58.5 Å². The van der Waals surface area contributed by atoms with Gasteiger partial charge in [0.1, 0.15) is 0 Å². The second-order valence-electron chi connectivity index (χ2n) is 20.1. The first-order valence-corrected chi connectivity index (χ1v) is 27.3. The summed E-state index contributed by atoms with van der Waals surface area (Å²) in [6.45, 7) is 17.1. The molecule has 6 bridgehead atoms. The molecule has 68 heavy (non-hydrogen) atoms. The van der Waals surface area contributed by atoms with Crippen LogP contribution in [0, 0.1) is 11.3 Å². The van der Waals surface area contributed by atoms with E-state index in [4.69, 9.17) is 24.2 Å². The summed E-state index contributed by atoms with van der Waals surface area (Å²) in [4.78, 5) is 72.6. The number of piperidine rings is 1. The second kappa shape index (κ2) is 21.0. The number of hydrogen-bond donors (Lipinski definition) is 2. The first-order chi connectivity index (χ1) is 32.5. The number of fused-ring (bicyclic) bond motifs is 6. The number of carbonyl (C=O) groups excluding carboxylic acids is 4. The Labute approximate surface area is 415 Å². The second-order valence-corrected chi connectivity index (χ2v) is 23.7. The Balaban J connectivity index is 1.09. The molecule has 0 saturated carbocycles. The average Bonchev–Trinajstić information content (AvgIpc) is 3.92. The van der Waals surface area contributed by atoms with E-state index in [1.807, 2.05) is 37.1 Å². The van der Waals surface area contributed by atoms with Gasteiger partial charge in [-0.15, -0.1) is 0 Å². The van der Waals surface area contributed by atoms with Crippen LogP contribution in [-0.2, 0) is 48.0 Å². The molecule has 0 unspecified atom stereocenters. The summed E-state index contributed by atoms with van der Waals surface area (Å²) < 4.78 is 23.1. The van der Waals surface area contributed by atoms with Gasteiger partial charge in [-0.05, 0) is 13.0 Å². The molecule has 1 spiro atoms. The van der Waals surface area contributed by atoms with Crippen LogP contribution in [0.1, 0.15) is 89.6 Å². The molecule has 0 aliphatic carbocycles. The van der Waals surface area contributed by atoms with Crippen molar-refractivity contribution in [1.29, 1.82) is 0 Å². The van der Waals surface area contributed by atoms with Gasteiger partial charge in [0.15, 0.2) is 0 Å². The number of esters is 1. The zero-order valence-corrected chi connectivity index (χ0v) is 44.1. The van der Waals surface area contributed by atoms with E-state index in [9.17, 15) is 19.2 Å². The van der Waals surface area contributed by atoms with Crippen molar-refractivity contribution in [3.63, 3.8) is 0 Å². The number of cyclic esters (lactones) is 1. The summed E-state index contributed by atoms with van der Waals surface area (Å²) in [5.41, 5.74) is 9.38. The Bertz CT molecular complexity index is 2480. The number of halogens is 1. The molecule has 8 rings (SSSR count). The number of aromatic nitrogens is 3. The Hall–Kier alpha value is -4.21. The van der Waals surface area contributed by atoms with Crippen LogP contribution in [0.2, 0.25) is 0 Å². The first kappa shape index (κ1) is 50.2. The molecule has 4 amide bonds. The van der Waals surface area contributed by atoms with E-state index >= 15 is 0 Å². The number of morpholine rings is 1. The Kier molecular flexibility index (Phi) is 15.5. The van der Waals surface area contributed by atoms with Crippen molar-refractivity contribution in [2.75, 3.05) is 67.1 Å². The van der Waals surface area contributed by atoms with Crippen molar-refractivity contribution in [3.05, 3.63) is 58.2 Å². The van der Waals surface area contributed by atoms with E-state index < -0.39 is 48.9 Å². The minimum atomic E-state index is -1.33. The molecule has 3 aromatic heterocycles. The molecular formula is C50H69IN9O7S-. The third kappa shape index (κ3) is 10.6. The van der Waals surface area contributed by atoms with E-state index in [2.05, 4.69) is 70.5 Å². The van der Waals surface area contributed by atoms with Crippen molar-refractivity contribution in [3.8, 4) is 22.5 Å². The van der Waals surface area contributed by atoms with Crippen molar-refractivity contribution in [1.82, 2.24) is 43.2 Å². The van der Waals surface area contributed by atoms with Crippen LogP contribution >= 0.6 is 11.3 Å². The Morgan fingerprint density at radius 3 is 2.62 bits per heavy atom. The SMILES string of the molecule is CCn1c(-c2cccnc2[C@H](C)OC)c2c3cc(ccc31)-c1csc(n1)C[C@H]([I-]NC(=O)[C@H](C(C)C)N(C)C(=O)N1CCC3(CC1)CN(C)CCO3)C(=O)N1CCC[C@H](N1)C(=O)OCC(C)(C)C2. The van der Waals surface area contributed by atoms with Gasteiger partial charge in [0.25, 0.3) is 0 Å². The van der Waals surface area contributed by atoms with E-state index in [1.54, 1.807) is 30.3 Å². The molecular weight excluding hydrogens is 998 g/mol. The standard InChI is InChI=1S/C50H69IN9O7S/c1-10-59-40-16-15-33-25-35(40)36(44(59)34-13-11-19-52-42(34)32(4)65-9)27-49(5,6)30-66-47(63)38-14-12-20-60(55-38)46(62)37(26-41-53-39(33)28-68-41)51-54-45(61)43(31(2)3)57(8)48(64)58-21-17-50(18-22-58)29-56(7)23-24-67-50/h11,13,15-16,19,25,28,31-32,37-38,43,55H,10,12,14,17-18,20-24,26-27,29-30H2,1-9H3,(H,54,61)/q-1/t32-,37-,38-,43-/m0/s1. The molecule has 2 N–H and O–H groups in total. The predicted molar refractivity (Wildman–Crippen MR) is 258 cm³/mol. The fourth-order valence-corrected chi connectivity index (χ4v) is 13.8. The predicted octanol–water partition coefficient (Wildman–Crippen LogP) is 3.08. The number of carbonyl (C=O) groups is 4. The Morgan fingerprint density at radius 1 is 1.12 bits per heavy atom. The van der Waals surface area contributed by atoms with Crippen LogP contribution in [-0.4, -0.2) is 147 Å². The van der Waals surface area contributed by atoms with Crippen molar-refractivity contribution in [2.24, 2.45) is 11.3 Å². The van der Waals surface area contributed by atoms with Crippen molar-refractivity contribution >= 4 is 46.1 Å². The zero-order chi connectivity index (χ0) is 48.5. The molecule has 18 heteroatoms. The molecule has 4 aliphatic rings. The van der Waals surface area contributed by atoms with Gasteiger partial charge in [-0.2, -0.15) is 0 Å². The molecule has 4 aromatic rings. The molecule has 3 saturated heterocycles. The zero-order valence-electron chi connectivity index (χ0n) is 41.1. The number of ether oxygens (including phenoxy) is 3. The molecule has 3 fully saturated rings. The number of thiazole rings is 1. The number of aryl methyl sites for hydroxylation is 1. The number of likely N-dealkylation sites (N-methyl/N-ethyl adjacent to an activating group) is 2. The normalized spacial score (nSPS) is 22.3. The number of likely N-dealkylation sites (tertiary alicyclic amines) is 1. The molecule has 4 aliphatic heterocycles. The van der Waals surface area contributed by atoms with Crippen LogP contribution in [0.4, 0.5) is 4.79 Å². The fraction of sp³-hybridized carbons (Fsp3) is 0.600. The molecule has 4 atom stereocenters. The molecule has 0 radical (unpaired) electrons. The first-order valence-electron chi connectivity index (χ1n) is 24.1. The van der Waals surface area contributed by atoms with Crippen LogP contribution in [0.25, 0.3) is 33.4 Å².